The second-order valence-corrected chi connectivity index (χ2v) is 4.97. The summed E-state index contributed by atoms with van der Waals surface area (Å²) in [5.41, 5.74) is 8.30. The fraction of sp³-hybridized carbons (Fsp3) is 0.0833. The predicted octanol–water partition coefficient (Wildman–Crippen LogP) is 2.39. The molecule has 0 fully saturated rings. The normalized spacial score (nSPS) is 10.9. The number of nitrogens with two attached hydrogens (primary N) is 1. The molecular formula is C12H11N5S. The molecule has 0 aliphatic carbocycles. The van der Waals surface area contributed by atoms with E-state index in [2.05, 4.69) is 39.0 Å². The Morgan fingerprint density at radius 2 is 2.17 bits per heavy atom. The van der Waals surface area contributed by atoms with Crippen LogP contribution in [0.25, 0.3) is 11.2 Å². The maximum absolute atomic E-state index is 5.68. The van der Waals surface area contributed by atoms with Crippen LogP contribution < -0.4 is 5.73 Å². The van der Waals surface area contributed by atoms with Gasteiger partial charge in [0.05, 0.1) is 6.33 Å². The van der Waals surface area contributed by atoms with Gasteiger partial charge in [-0.3, -0.25) is 0 Å². The SMILES string of the molecule is Cc1cccc(Sc2nc(N)nc3nc[nH]c23)c1. The van der Waals surface area contributed by atoms with Gasteiger partial charge in [0.25, 0.3) is 0 Å². The Balaban J connectivity index is 2.06. The van der Waals surface area contributed by atoms with Crippen LogP contribution in [0.3, 0.4) is 0 Å². The molecule has 0 atom stereocenters. The third-order valence-electron chi connectivity index (χ3n) is 2.47. The number of fused-ring (bicyclic) bond motifs is 1. The van der Waals surface area contributed by atoms with Gasteiger partial charge in [-0.05, 0) is 19.1 Å². The van der Waals surface area contributed by atoms with Crippen molar-refractivity contribution in [2.45, 2.75) is 16.8 Å². The highest BCUT2D eigenvalue weighted by atomic mass is 32.2. The maximum atomic E-state index is 5.68. The molecule has 0 spiro atoms. The molecule has 5 nitrogen and oxygen atoms in total. The van der Waals surface area contributed by atoms with Crippen molar-refractivity contribution >= 4 is 28.9 Å². The molecule has 6 heteroatoms. The fourth-order valence-corrected chi connectivity index (χ4v) is 2.69. The molecule has 0 aliphatic rings. The summed E-state index contributed by atoms with van der Waals surface area (Å²) in [6.45, 7) is 2.06. The summed E-state index contributed by atoms with van der Waals surface area (Å²) in [4.78, 5) is 16.6. The smallest absolute Gasteiger partial charge is 0.223 e. The first-order chi connectivity index (χ1) is 8.72. The molecule has 0 bridgehead atoms. The molecule has 2 aromatic heterocycles. The minimum absolute atomic E-state index is 0.241. The van der Waals surface area contributed by atoms with Crippen LogP contribution in [0.5, 0.6) is 0 Å². The number of aromatic nitrogens is 4. The molecule has 3 aromatic rings. The van der Waals surface area contributed by atoms with Crippen LogP contribution >= 0.6 is 11.8 Å². The molecule has 0 saturated carbocycles. The Morgan fingerprint density at radius 3 is 3.00 bits per heavy atom. The van der Waals surface area contributed by atoms with Crippen molar-refractivity contribution in [1.82, 2.24) is 19.9 Å². The van der Waals surface area contributed by atoms with E-state index < -0.39 is 0 Å². The highest BCUT2D eigenvalue weighted by molar-refractivity contribution is 7.99. The molecule has 1 aromatic carbocycles. The van der Waals surface area contributed by atoms with E-state index in [0.29, 0.717) is 5.65 Å². The molecule has 18 heavy (non-hydrogen) atoms. The van der Waals surface area contributed by atoms with Gasteiger partial charge in [-0.15, -0.1) is 0 Å². The van der Waals surface area contributed by atoms with E-state index in [4.69, 9.17) is 5.73 Å². The number of aryl methyl sites for hydroxylation is 1. The number of hydrogen-bond acceptors (Lipinski definition) is 5. The van der Waals surface area contributed by atoms with Crippen LogP contribution in [-0.4, -0.2) is 19.9 Å². The van der Waals surface area contributed by atoms with Crippen molar-refractivity contribution in [3.63, 3.8) is 0 Å². The van der Waals surface area contributed by atoms with Crippen LogP contribution in [0.4, 0.5) is 5.95 Å². The summed E-state index contributed by atoms with van der Waals surface area (Å²) < 4.78 is 0. The van der Waals surface area contributed by atoms with Crippen LogP contribution in [0.15, 0.2) is 40.5 Å². The topological polar surface area (TPSA) is 80.5 Å². The first-order valence-corrected chi connectivity index (χ1v) is 6.25. The van der Waals surface area contributed by atoms with Crippen LogP contribution in [0.1, 0.15) is 5.56 Å². The summed E-state index contributed by atoms with van der Waals surface area (Å²) >= 11 is 1.55. The van der Waals surface area contributed by atoms with Gasteiger partial charge in [-0.2, -0.15) is 4.98 Å². The molecule has 90 valence electrons. The first-order valence-electron chi connectivity index (χ1n) is 5.43. The second-order valence-electron chi connectivity index (χ2n) is 3.91. The van der Waals surface area contributed by atoms with E-state index in [1.807, 2.05) is 12.1 Å². The first kappa shape index (κ1) is 11.0. The van der Waals surface area contributed by atoms with Gasteiger partial charge >= 0.3 is 0 Å². The number of aromatic amines is 1. The van der Waals surface area contributed by atoms with Crippen LogP contribution in [0, 0.1) is 6.92 Å². The molecule has 3 rings (SSSR count). The molecular weight excluding hydrogens is 246 g/mol. The lowest BCUT2D eigenvalue weighted by molar-refractivity contribution is 1.10. The van der Waals surface area contributed by atoms with Gasteiger partial charge in [0.2, 0.25) is 5.95 Å². The van der Waals surface area contributed by atoms with Crippen molar-refractivity contribution in [3.05, 3.63) is 36.2 Å². The molecule has 0 unspecified atom stereocenters. The third-order valence-corrected chi connectivity index (χ3v) is 3.45. The van der Waals surface area contributed by atoms with Crippen LogP contribution in [-0.2, 0) is 0 Å². The van der Waals surface area contributed by atoms with E-state index in [-0.39, 0.29) is 5.95 Å². The minimum Gasteiger partial charge on any atom is -0.368 e. The zero-order chi connectivity index (χ0) is 12.5. The minimum atomic E-state index is 0.241. The molecule has 2 heterocycles. The van der Waals surface area contributed by atoms with E-state index in [0.717, 1.165) is 15.4 Å². The lowest BCUT2D eigenvalue weighted by atomic mass is 10.2. The predicted molar refractivity (Wildman–Crippen MR) is 71.4 cm³/mol. The molecule has 0 amide bonds. The molecule has 0 saturated heterocycles. The van der Waals surface area contributed by atoms with Crippen molar-refractivity contribution in [2.75, 3.05) is 5.73 Å². The standard InChI is InChI=1S/C12H11N5S/c1-7-3-2-4-8(5-7)18-11-9-10(15-6-14-9)16-12(13)17-11/h2-6H,1H3,(H3,13,14,15,16,17). The van der Waals surface area contributed by atoms with E-state index in [9.17, 15) is 0 Å². The van der Waals surface area contributed by atoms with Gasteiger partial charge in [-0.25, -0.2) is 9.97 Å². The lowest BCUT2D eigenvalue weighted by Gasteiger charge is -2.03. The Bertz CT molecular complexity index is 707. The molecule has 0 radical (unpaired) electrons. The van der Waals surface area contributed by atoms with Crippen LogP contribution in [0.2, 0.25) is 0 Å². The number of nitrogen functional groups attached to an aromatic ring is 1. The monoisotopic (exact) mass is 257 g/mol. The highest BCUT2D eigenvalue weighted by Crippen LogP contribution is 2.30. The number of nitrogens with one attached hydrogen (secondary N) is 1. The van der Waals surface area contributed by atoms with E-state index >= 15 is 0 Å². The number of nitrogens with zero attached hydrogens (tertiary/aromatic N) is 3. The van der Waals surface area contributed by atoms with Crippen molar-refractivity contribution < 1.29 is 0 Å². The summed E-state index contributed by atoms with van der Waals surface area (Å²) in [6.07, 6.45) is 1.60. The highest BCUT2D eigenvalue weighted by Gasteiger charge is 2.09. The zero-order valence-electron chi connectivity index (χ0n) is 9.71. The number of anilines is 1. The van der Waals surface area contributed by atoms with Gasteiger partial charge < -0.3 is 10.7 Å². The van der Waals surface area contributed by atoms with Gasteiger partial charge in [-0.1, -0.05) is 29.5 Å². The number of rotatable bonds is 2. The van der Waals surface area contributed by atoms with Crippen molar-refractivity contribution in [1.29, 1.82) is 0 Å². The van der Waals surface area contributed by atoms with E-state index in [1.165, 1.54) is 5.56 Å². The maximum Gasteiger partial charge on any atom is 0.223 e. The Kier molecular flexibility index (Phi) is 2.64. The Labute approximate surface area is 108 Å². The van der Waals surface area contributed by atoms with Crippen molar-refractivity contribution in [3.8, 4) is 0 Å². The number of benzene rings is 1. The molecule has 0 aliphatic heterocycles. The third kappa shape index (κ3) is 2.02. The van der Waals surface area contributed by atoms with Gasteiger partial charge in [0.15, 0.2) is 5.65 Å². The average molecular weight is 257 g/mol. The summed E-state index contributed by atoms with van der Waals surface area (Å²) in [7, 11) is 0. The quantitative estimate of drug-likeness (QED) is 0.689. The van der Waals surface area contributed by atoms with Gasteiger partial charge in [0, 0.05) is 4.90 Å². The largest absolute Gasteiger partial charge is 0.368 e. The Hall–Kier alpha value is -2.08. The van der Waals surface area contributed by atoms with Gasteiger partial charge in [0.1, 0.15) is 10.5 Å². The Morgan fingerprint density at radius 1 is 1.28 bits per heavy atom. The fourth-order valence-electron chi connectivity index (χ4n) is 1.69. The number of hydrogen-bond donors (Lipinski definition) is 2. The number of imidazole rings is 1. The zero-order valence-corrected chi connectivity index (χ0v) is 10.5. The lowest BCUT2D eigenvalue weighted by Crippen LogP contribution is -1.96. The summed E-state index contributed by atoms with van der Waals surface area (Å²) in [5.74, 6) is 0.241. The summed E-state index contributed by atoms with van der Waals surface area (Å²) in [5, 5.41) is 0.792. The second kappa shape index (κ2) is 4.30. The summed E-state index contributed by atoms with van der Waals surface area (Å²) in [6, 6.07) is 8.22. The average Bonchev–Trinajstić information content (AvgIpc) is 2.77. The van der Waals surface area contributed by atoms with Crippen molar-refractivity contribution in [2.24, 2.45) is 0 Å². The number of H-pyrrole nitrogens is 1. The van der Waals surface area contributed by atoms with E-state index in [1.54, 1.807) is 18.1 Å². The molecule has 3 N–H and O–H groups in total.